The molecular formula is C20H26N2O3. The van der Waals surface area contributed by atoms with Crippen LogP contribution in [0, 0.1) is 6.92 Å². The number of hydrogen-bond acceptors (Lipinski definition) is 5. The molecule has 2 aliphatic heterocycles. The van der Waals surface area contributed by atoms with Gasteiger partial charge in [0.1, 0.15) is 17.3 Å². The van der Waals surface area contributed by atoms with Gasteiger partial charge in [0, 0.05) is 25.2 Å². The lowest BCUT2D eigenvalue weighted by atomic mass is 9.97. The van der Waals surface area contributed by atoms with Crippen molar-refractivity contribution >= 4 is 5.69 Å². The van der Waals surface area contributed by atoms with Gasteiger partial charge in [-0.25, -0.2) is 0 Å². The Balaban J connectivity index is 1.32. The van der Waals surface area contributed by atoms with E-state index in [4.69, 9.17) is 13.9 Å². The molecule has 2 aromatic rings. The summed E-state index contributed by atoms with van der Waals surface area (Å²) in [7, 11) is 1.69. The first-order valence-corrected chi connectivity index (χ1v) is 8.96. The molecule has 2 atom stereocenters. The molecule has 3 heterocycles. The number of nitrogens with one attached hydrogen (secondary N) is 1. The van der Waals surface area contributed by atoms with E-state index in [1.807, 2.05) is 25.1 Å². The Morgan fingerprint density at radius 2 is 2.08 bits per heavy atom. The molecule has 0 unspecified atom stereocenters. The predicted molar refractivity (Wildman–Crippen MR) is 97.0 cm³/mol. The lowest BCUT2D eigenvalue weighted by molar-refractivity contribution is 0.0115. The van der Waals surface area contributed by atoms with E-state index in [-0.39, 0.29) is 5.60 Å². The van der Waals surface area contributed by atoms with Crippen LogP contribution in [0.25, 0.3) is 0 Å². The minimum atomic E-state index is -0.00816. The van der Waals surface area contributed by atoms with E-state index < -0.39 is 0 Å². The number of benzene rings is 1. The average molecular weight is 342 g/mol. The van der Waals surface area contributed by atoms with Crippen LogP contribution in [0.4, 0.5) is 5.69 Å². The molecule has 2 fully saturated rings. The fourth-order valence-corrected chi connectivity index (χ4v) is 4.00. The summed E-state index contributed by atoms with van der Waals surface area (Å²) in [6.45, 7) is 5.67. The summed E-state index contributed by atoms with van der Waals surface area (Å²) < 4.78 is 17.2. The van der Waals surface area contributed by atoms with E-state index >= 15 is 0 Å². The van der Waals surface area contributed by atoms with Gasteiger partial charge in [-0.1, -0.05) is 0 Å². The Morgan fingerprint density at radius 1 is 1.24 bits per heavy atom. The quantitative estimate of drug-likeness (QED) is 0.902. The van der Waals surface area contributed by atoms with Crippen LogP contribution in [0.15, 0.2) is 40.8 Å². The van der Waals surface area contributed by atoms with E-state index in [1.54, 1.807) is 7.11 Å². The van der Waals surface area contributed by atoms with Crippen molar-refractivity contribution in [1.29, 1.82) is 0 Å². The zero-order chi connectivity index (χ0) is 17.3. The largest absolute Gasteiger partial charge is 0.497 e. The Labute approximate surface area is 148 Å². The molecule has 0 saturated carbocycles. The molecule has 5 nitrogen and oxygen atoms in total. The van der Waals surface area contributed by atoms with Crippen LogP contribution >= 0.6 is 0 Å². The Bertz CT molecular complexity index is 712. The SMILES string of the molecule is COc1ccc(N[C@H]2CO[C@]3(CCN(Cc4ccc(C)o4)C3)C2)cc1. The van der Waals surface area contributed by atoms with Crippen molar-refractivity contribution in [3.05, 3.63) is 47.9 Å². The van der Waals surface area contributed by atoms with E-state index in [9.17, 15) is 0 Å². The highest BCUT2D eigenvalue weighted by atomic mass is 16.5. The summed E-state index contributed by atoms with van der Waals surface area (Å²) in [6, 6.07) is 12.5. The lowest BCUT2D eigenvalue weighted by Gasteiger charge is -2.23. The number of aryl methyl sites for hydroxylation is 1. The molecule has 0 aliphatic carbocycles. The van der Waals surface area contributed by atoms with Gasteiger partial charge >= 0.3 is 0 Å². The first-order valence-electron chi connectivity index (χ1n) is 8.96. The molecule has 0 bridgehead atoms. The second-order valence-corrected chi connectivity index (χ2v) is 7.24. The highest BCUT2D eigenvalue weighted by Crippen LogP contribution is 2.36. The highest BCUT2D eigenvalue weighted by Gasteiger charge is 2.45. The van der Waals surface area contributed by atoms with Crippen LogP contribution in [0.5, 0.6) is 5.75 Å². The van der Waals surface area contributed by atoms with Gasteiger partial charge in [-0.3, -0.25) is 4.90 Å². The molecule has 5 heteroatoms. The third kappa shape index (κ3) is 3.67. The van der Waals surface area contributed by atoms with Gasteiger partial charge in [-0.15, -0.1) is 0 Å². The topological polar surface area (TPSA) is 46.9 Å². The van der Waals surface area contributed by atoms with Crippen molar-refractivity contribution in [2.45, 2.75) is 38.0 Å². The fraction of sp³-hybridized carbons (Fsp3) is 0.500. The van der Waals surface area contributed by atoms with Crippen molar-refractivity contribution in [1.82, 2.24) is 4.90 Å². The molecule has 2 saturated heterocycles. The Morgan fingerprint density at radius 3 is 2.80 bits per heavy atom. The normalized spacial score (nSPS) is 26.4. The fourth-order valence-electron chi connectivity index (χ4n) is 4.00. The maximum absolute atomic E-state index is 6.24. The van der Waals surface area contributed by atoms with Crippen molar-refractivity contribution < 1.29 is 13.9 Å². The van der Waals surface area contributed by atoms with Crippen LogP contribution in [-0.2, 0) is 11.3 Å². The van der Waals surface area contributed by atoms with Gasteiger partial charge in [-0.05, 0) is 49.7 Å². The Kier molecular flexibility index (Phi) is 4.44. The zero-order valence-corrected chi connectivity index (χ0v) is 15.0. The average Bonchev–Trinajstić information content (AvgIpc) is 3.31. The third-order valence-electron chi connectivity index (χ3n) is 5.24. The molecular weight excluding hydrogens is 316 g/mol. The number of hydrogen-bond donors (Lipinski definition) is 1. The molecule has 0 amide bonds. The summed E-state index contributed by atoms with van der Waals surface area (Å²) in [5.74, 6) is 2.90. The highest BCUT2D eigenvalue weighted by molar-refractivity contribution is 5.47. The third-order valence-corrected chi connectivity index (χ3v) is 5.24. The minimum absolute atomic E-state index is 0.00816. The summed E-state index contributed by atoms with van der Waals surface area (Å²) in [4.78, 5) is 2.44. The first-order chi connectivity index (χ1) is 12.1. The smallest absolute Gasteiger partial charge is 0.119 e. The number of ether oxygens (including phenoxy) is 2. The number of furan rings is 1. The van der Waals surface area contributed by atoms with Gasteiger partial charge in [0.25, 0.3) is 0 Å². The summed E-state index contributed by atoms with van der Waals surface area (Å²) in [5.41, 5.74) is 1.11. The second-order valence-electron chi connectivity index (χ2n) is 7.24. The van der Waals surface area contributed by atoms with E-state index in [2.05, 4.69) is 28.4 Å². The molecule has 1 spiro atoms. The summed E-state index contributed by atoms with van der Waals surface area (Å²) in [6.07, 6.45) is 2.14. The lowest BCUT2D eigenvalue weighted by Crippen LogP contribution is -2.33. The van der Waals surface area contributed by atoms with E-state index in [0.717, 1.165) is 62.0 Å². The predicted octanol–water partition coefficient (Wildman–Crippen LogP) is 3.44. The Hall–Kier alpha value is -1.98. The van der Waals surface area contributed by atoms with Gasteiger partial charge in [0.05, 0.1) is 31.9 Å². The van der Waals surface area contributed by atoms with Crippen LogP contribution in [0.2, 0.25) is 0 Å². The number of nitrogens with zero attached hydrogens (tertiary/aromatic N) is 1. The van der Waals surface area contributed by atoms with Crippen molar-refractivity contribution in [3.8, 4) is 5.75 Å². The van der Waals surface area contributed by atoms with Crippen LogP contribution in [-0.4, -0.2) is 43.3 Å². The molecule has 4 rings (SSSR count). The standard InChI is InChI=1S/C20H26N2O3/c1-15-3-6-19(25-15)12-22-10-9-20(14-22)11-17(13-24-20)21-16-4-7-18(23-2)8-5-16/h3-8,17,21H,9-14H2,1-2H3/t17-,20-/m1/s1. The number of rotatable bonds is 5. The molecule has 1 aromatic carbocycles. The zero-order valence-electron chi connectivity index (χ0n) is 15.0. The van der Waals surface area contributed by atoms with E-state index in [0.29, 0.717) is 6.04 Å². The molecule has 1 N–H and O–H groups in total. The first kappa shape index (κ1) is 16.5. The molecule has 1 aromatic heterocycles. The van der Waals surface area contributed by atoms with Crippen molar-refractivity contribution in [2.24, 2.45) is 0 Å². The van der Waals surface area contributed by atoms with Crippen molar-refractivity contribution in [3.63, 3.8) is 0 Å². The minimum Gasteiger partial charge on any atom is -0.497 e. The van der Waals surface area contributed by atoms with Gasteiger partial charge in [0.15, 0.2) is 0 Å². The monoisotopic (exact) mass is 342 g/mol. The maximum atomic E-state index is 6.24. The second kappa shape index (κ2) is 6.73. The number of methoxy groups -OCH3 is 1. The molecule has 134 valence electrons. The number of anilines is 1. The number of likely N-dealkylation sites (tertiary alicyclic amines) is 1. The molecule has 2 aliphatic rings. The molecule has 0 radical (unpaired) electrons. The van der Waals surface area contributed by atoms with Crippen LogP contribution in [0.3, 0.4) is 0 Å². The molecule has 25 heavy (non-hydrogen) atoms. The van der Waals surface area contributed by atoms with Crippen molar-refractivity contribution in [2.75, 3.05) is 32.1 Å². The summed E-state index contributed by atoms with van der Waals surface area (Å²) >= 11 is 0. The van der Waals surface area contributed by atoms with Gasteiger partial charge in [-0.2, -0.15) is 0 Å². The summed E-state index contributed by atoms with van der Waals surface area (Å²) in [5, 5.41) is 3.59. The van der Waals surface area contributed by atoms with Crippen LogP contribution in [0.1, 0.15) is 24.4 Å². The van der Waals surface area contributed by atoms with Gasteiger partial charge in [0.2, 0.25) is 0 Å². The van der Waals surface area contributed by atoms with Crippen LogP contribution < -0.4 is 10.1 Å². The maximum Gasteiger partial charge on any atom is 0.119 e. The van der Waals surface area contributed by atoms with Gasteiger partial charge < -0.3 is 19.2 Å². The van der Waals surface area contributed by atoms with E-state index in [1.165, 1.54) is 0 Å².